The lowest BCUT2D eigenvalue weighted by molar-refractivity contribution is 0.479. The predicted molar refractivity (Wildman–Crippen MR) is 88.2 cm³/mol. The first kappa shape index (κ1) is 15.6. The minimum absolute atomic E-state index is 0.273. The number of nitrogens with one attached hydrogen (secondary N) is 1. The van der Waals surface area contributed by atoms with Crippen molar-refractivity contribution in [3.8, 4) is 11.5 Å². The van der Waals surface area contributed by atoms with Crippen molar-refractivity contribution in [3.63, 3.8) is 0 Å². The molecule has 0 amide bonds. The van der Waals surface area contributed by atoms with Crippen molar-refractivity contribution in [2.24, 2.45) is 0 Å². The van der Waals surface area contributed by atoms with Crippen molar-refractivity contribution in [3.05, 3.63) is 56.5 Å². The van der Waals surface area contributed by atoms with Crippen molar-refractivity contribution in [1.82, 2.24) is 5.32 Å². The van der Waals surface area contributed by atoms with Crippen LogP contribution < -0.4 is 10.1 Å². The molecule has 0 aliphatic heterocycles. The van der Waals surface area contributed by atoms with Gasteiger partial charge in [-0.1, -0.05) is 35.3 Å². The Morgan fingerprint density at radius 2 is 1.90 bits per heavy atom. The highest BCUT2D eigenvalue weighted by Gasteiger charge is 2.11. The molecule has 2 aromatic rings. The van der Waals surface area contributed by atoms with Crippen LogP contribution >= 0.6 is 39.1 Å². The monoisotopic (exact) mass is 373 g/mol. The molecule has 0 aromatic heterocycles. The molecule has 2 rings (SSSR count). The second-order valence-electron chi connectivity index (χ2n) is 4.35. The molecule has 20 heavy (non-hydrogen) atoms. The van der Waals surface area contributed by atoms with Gasteiger partial charge < -0.3 is 10.1 Å². The normalized spacial score (nSPS) is 12.2. The van der Waals surface area contributed by atoms with Gasteiger partial charge >= 0.3 is 0 Å². The zero-order chi connectivity index (χ0) is 14.7. The third kappa shape index (κ3) is 3.47. The Hall–Kier alpha value is -0.740. The minimum Gasteiger partial charge on any atom is -0.455 e. The van der Waals surface area contributed by atoms with E-state index in [1.165, 1.54) is 5.56 Å². The fourth-order valence-corrected chi connectivity index (χ4v) is 2.53. The maximum atomic E-state index is 6.12. The second-order valence-corrected chi connectivity index (χ2v) is 5.99. The molecule has 0 saturated heterocycles. The average Bonchev–Trinajstić information content (AvgIpc) is 2.45. The van der Waals surface area contributed by atoms with Crippen LogP contribution in [0.15, 0.2) is 40.9 Å². The largest absolute Gasteiger partial charge is 0.455 e. The summed E-state index contributed by atoms with van der Waals surface area (Å²) < 4.78 is 6.67. The Labute approximate surface area is 137 Å². The smallest absolute Gasteiger partial charge is 0.147 e. The van der Waals surface area contributed by atoms with Crippen molar-refractivity contribution in [2.45, 2.75) is 13.0 Å². The van der Waals surface area contributed by atoms with E-state index in [0.29, 0.717) is 21.5 Å². The summed E-state index contributed by atoms with van der Waals surface area (Å²) in [5.74, 6) is 1.23. The summed E-state index contributed by atoms with van der Waals surface area (Å²) >= 11 is 15.6. The topological polar surface area (TPSA) is 21.3 Å². The van der Waals surface area contributed by atoms with Gasteiger partial charge in [0.1, 0.15) is 16.5 Å². The predicted octanol–water partition coefficient (Wildman–Crippen LogP) is 5.83. The maximum absolute atomic E-state index is 6.12. The third-order valence-electron chi connectivity index (χ3n) is 3.03. The first-order valence-corrected chi connectivity index (χ1v) is 7.66. The van der Waals surface area contributed by atoms with Gasteiger partial charge in [0.2, 0.25) is 0 Å². The molecule has 1 atom stereocenters. The molecule has 2 aromatic carbocycles. The Bertz CT molecular complexity index is 619. The summed E-state index contributed by atoms with van der Waals surface area (Å²) in [6.07, 6.45) is 0. The van der Waals surface area contributed by atoms with Gasteiger partial charge in [-0.15, -0.1) is 0 Å². The molecule has 0 fully saturated rings. The molecule has 5 heteroatoms. The summed E-state index contributed by atoms with van der Waals surface area (Å²) in [5.41, 5.74) is 1.17. The number of rotatable bonds is 4. The van der Waals surface area contributed by atoms with Gasteiger partial charge in [-0.2, -0.15) is 0 Å². The first-order valence-electron chi connectivity index (χ1n) is 6.11. The molecule has 0 bridgehead atoms. The number of hydrogen-bond acceptors (Lipinski definition) is 2. The van der Waals surface area contributed by atoms with Crippen molar-refractivity contribution >= 4 is 39.1 Å². The van der Waals surface area contributed by atoms with Gasteiger partial charge in [-0.05, 0) is 59.7 Å². The molecule has 0 saturated carbocycles. The van der Waals surface area contributed by atoms with Gasteiger partial charge in [-0.25, -0.2) is 0 Å². The molecule has 1 N–H and O–H groups in total. The quantitative estimate of drug-likeness (QED) is 0.726. The Balaban J connectivity index is 2.28. The number of benzene rings is 2. The van der Waals surface area contributed by atoms with Gasteiger partial charge in [0.15, 0.2) is 0 Å². The maximum Gasteiger partial charge on any atom is 0.147 e. The number of halogens is 3. The number of ether oxygens (including phenoxy) is 1. The van der Waals surface area contributed by atoms with Crippen LogP contribution in [0.4, 0.5) is 0 Å². The Morgan fingerprint density at radius 3 is 2.55 bits per heavy atom. The third-order valence-corrected chi connectivity index (χ3v) is 4.45. The summed E-state index contributed by atoms with van der Waals surface area (Å²) in [7, 11) is 1.93. The van der Waals surface area contributed by atoms with Crippen molar-refractivity contribution < 1.29 is 4.74 Å². The molecular weight excluding hydrogens is 361 g/mol. The van der Waals surface area contributed by atoms with Crippen molar-refractivity contribution in [2.75, 3.05) is 7.05 Å². The van der Waals surface area contributed by atoms with Gasteiger partial charge in [0, 0.05) is 6.04 Å². The van der Waals surface area contributed by atoms with E-state index in [-0.39, 0.29) is 6.04 Å². The van der Waals surface area contributed by atoms with Gasteiger partial charge in [0.05, 0.1) is 9.50 Å². The highest BCUT2D eigenvalue weighted by atomic mass is 79.9. The van der Waals surface area contributed by atoms with Crippen LogP contribution in [0, 0.1) is 0 Å². The lowest BCUT2D eigenvalue weighted by atomic mass is 10.1. The molecule has 2 nitrogen and oxygen atoms in total. The number of hydrogen-bond donors (Lipinski definition) is 1. The van der Waals surface area contributed by atoms with E-state index in [2.05, 4.69) is 28.2 Å². The minimum atomic E-state index is 0.273. The molecule has 0 aliphatic rings. The fourth-order valence-electron chi connectivity index (χ4n) is 1.72. The van der Waals surface area contributed by atoms with Gasteiger partial charge in [0.25, 0.3) is 0 Å². The summed E-state index contributed by atoms with van der Waals surface area (Å²) in [5, 5.41) is 4.08. The van der Waals surface area contributed by atoms with Gasteiger partial charge in [-0.3, -0.25) is 0 Å². The van der Waals surface area contributed by atoms with Crippen LogP contribution in [0.5, 0.6) is 11.5 Å². The van der Waals surface area contributed by atoms with Crippen LogP contribution in [0.3, 0.4) is 0 Å². The molecule has 106 valence electrons. The van der Waals surface area contributed by atoms with E-state index in [0.717, 1.165) is 4.47 Å². The van der Waals surface area contributed by atoms with Crippen LogP contribution in [-0.2, 0) is 0 Å². The first-order chi connectivity index (χ1) is 9.52. The molecule has 0 heterocycles. The highest BCUT2D eigenvalue weighted by Crippen LogP contribution is 2.37. The van der Waals surface area contributed by atoms with E-state index >= 15 is 0 Å². The van der Waals surface area contributed by atoms with E-state index in [1.807, 2.05) is 25.2 Å². The summed E-state index contributed by atoms with van der Waals surface area (Å²) in [6, 6.07) is 11.5. The molecule has 0 radical (unpaired) electrons. The van der Waals surface area contributed by atoms with Crippen LogP contribution in [0.2, 0.25) is 10.0 Å². The van der Waals surface area contributed by atoms with E-state index < -0.39 is 0 Å². The van der Waals surface area contributed by atoms with E-state index in [1.54, 1.807) is 18.2 Å². The van der Waals surface area contributed by atoms with E-state index in [9.17, 15) is 0 Å². The fraction of sp³-hybridized carbons (Fsp3) is 0.200. The molecule has 0 aliphatic carbocycles. The summed E-state index contributed by atoms with van der Waals surface area (Å²) in [4.78, 5) is 0. The molecule has 1 unspecified atom stereocenters. The summed E-state index contributed by atoms with van der Waals surface area (Å²) in [6.45, 7) is 2.09. The SMILES string of the molecule is CNC(C)c1ccc(Oc2cccc(Cl)c2Cl)c(Br)c1. The Morgan fingerprint density at radius 1 is 1.15 bits per heavy atom. The lowest BCUT2D eigenvalue weighted by Crippen LogP contribution is -2.12. The molecule has 0 spiro atoms. The van der Waals surface area contributed by atoms with Crippen LogP contribution in [0.25, 0.3) is 0 Å². The standard InChI is InChI=1S/C15H14BrCl2NO/c1-9(19-2)10-6-7-13(11(16)8-10)20-14-5-3-4-12(17)15(14)18/h3-9,19H,1-2H3. The van der Waals surface area contributed by atoms with Crippen molar-refractivity contribution in [1.29, 1.82) is 0 Å². The zero-order valence-electron chi connectivity index (χ0n) is 11.1. The Kier molecular flexibility index (Phi) is 5.33. The second kappa shape index (κ2) is 6.81. The van der Waals surface area contributed by atoms with E-state index in [4.69, 9.17) is 27.9 Å². The van der Waals surface area contributed by atoms with Crippen LogP contribution in [-0.4, -0.2) is 7.05 Å². The highest BCUT2D eigenvalue weighted by molar-refractivity contribution is 9.10. The lowest BCUT2D eigenvalue weighted by Gasteiger charge is -2.14. The average molecular weight is 375 g/mol. The van der Waals surface area contributed by atoms with Crippen LogP contribution in [0.1, 0.15) is 18.5 Å². The zero-order valence-corrected chi connectivity index (χ0v) is 14.2. The molecular formula is C15H14BrCl2NO.